The average molecular weight is 497 g/mol. The standard InChI is InChI=1S/C24H19F4N7O/c25-14-7-4-6-13-19(14)33-34-22(13)31-20-11-5-2-1-3-8-15(11)29-21(30-20)12-9-10-16-17(23(36)35-32-16)18(12)24(26,27)28/h4,6-7,9-10H,1-3,5,8H2,(H2,32,35,36)(H2,29,30,31,33,34). The summed E-state index contributed by atoms with van der Waals surface area (Å²) in [6.07, 6.45) is -0.966. The zero-order chi connectivity index (χ0) is 25.0. The van der Waals surface area contributed by atoms with Crippen molar-refractivity contribution in [2.24, 2.45) is 0 Å². The molecule has 0 unspecified atom stereocenters. The fourth-order valence-electron chi connectivity index (χ4n) is 4.82. The van der Waals surface area contributed by atoms with Crippen molar-refractivity contribution < 1.29 is 17.6 Å². The van der Waals surface area contributed by atoms with Gasteiger partial charge in [-0.15, -0.1) is 0 Å². The molecule has 1 aliphatic carbocycles. The lowest BCUT2D eigenvalue weighted by Crippen LogP contribution is -2.14. The Morgan fingerprint density at radius 2 is 1.78 bits per heavy atom. The number of rotatable bonds is 3. The number of aryl methyl sites for hydroxylation is 1. The predicted molar refractivity (Wildman–Crippen MR) is 126 cm³/mol. The van der Waals surface area contributed by atoms with Crippen molar-refractivity contribution in [1.82, 2.24) is 30.4 Å². The molecule has 184 valence electrons. The summed E-state index contributed by atoms with van der Waals surface area (Å²) in [4.78, 5) is 21.3. The van der Waals surface area contributed by atoms with Gasteiger partial charge in [0.1, 0.15) is 17.2 Å². The monoisotopic (exact) mass is 497 g/mol. The Balaban J connectivity index is 1.57. The van der Waals surface area contributed by atoms with Crippen LogP contribution in [0.2, 0.25) is 0 Å². The molecule has 0 saturated heterocycles. The second-order valence-corrected chi connectivity index (χ2v) is 8.73. The molecule has 0 bridgehead atoms. The molecule has 4 N–H and O–H groups in total. The minimum absolute atomic E-state index is 0.0363. The van der Waals surface area contributed by atoms with Crippen molar-refractivity contribution in [2.75, 3.05) is 5.32 Å². The number of hydrogen-bond acceptors (Lipinski definition) is 5. The van der Waals surface area contributed by atoms with Gasteiger partial charge in [0.25, 0.3) is 5.56 Å². The van der Waals surface area contributed by atoms with E-state index in [-0.39, 0.29) is 22.4 Å². The highest BCUT2D eigenvalue weighted by atomic mass is 19.4. The molecule has 0 saturated carbocycles. The van der Waals surface area contributed by atoms with Gasteiger partial charge in [0, 0.05) is 22.2 Å². The fraction of sp³-hybridized carbons (Fsp3) is 0.250. The molecule has 0 atom stereocenters. The van der Waals surface area contributed by atoms with Crippen LogP contribution in [0.1, 0.15) is 36.1 Å². The Bertz CT molecular complexity index is 1680. The number of aromatic amines is 3. The Morgan fingerprint density at radius 1 is 0.944 bits per heavy atom. The zero-order valence-electron chi connectivity index (χ0n) is 18.7. The van der Waals surface area contributed by atoms with E-state index in [0.29, 0.717) is 35.6 Å². The van der Waals surface area contributed by atoms with E-state index in [1.807, 2.05) is 0 Å². The highest BCUT2D eigenvalue weighted by Crippen LogP contribution is 2.41. The molecule has 3 aromatic heterocycles. The molecule has 12 heteroatoms. The second-order valence-electron chi connectivity index (χ2n) is 8.73. The van der Waals surface area contributed by atoms with E-state index < -0.39 is 28.5 Å². The number of aromatic nitrogens is 6. The van der Waals surface area contributed by atoms with Crippen LogP contribution in [0.5, 0.6) is 0 Å². The Hall–Kier alpha value is -4.22. The van der Waals surface area contributed by atoms with E-state index in [2.05, 4.69) is 35.7 Å². The zero-order valence-corrected chi connectivity index (χ0v) is 18.7. The average Bonchev–Trinajstić information content (AvgIpc) is 3.33. The third kappa shape index (κ3) is 3.60. The smallest absolute Gasteiger partial charge is 0.323 e. The van der Waals surface area contributed by atoms with Crippen LogP contribution >= 0.6 is 0 Å². The van der Waals surface area contributed by atoms with Gasteiger partial charge < -0.3 is 5.32 Å². The van der Waals surface area contributed by atoms with Crippen LogP contribution in [0.4, 0.5) is 29.2 Å². The third-order valence-electron chi connectivity index (χ3n) is 6.49. The highest BCUT2D eigenvalue weighted by molar-refractivity contribution is 5.92. The first kappa shape index (κ1) is 22.3. The van der Waals surface area contributed by atoms with Gasteiger partial charge in [-0.25, -0.2) is 14.4 Å². The van der Waals surface area contributed by atoms with E-state index in [0.717, 1.165) is 24.8 Å². The maximum Gasteiger partial charge on any atom is 0.417 e. The second kappa shape index (κ2) is 8.18. The molecule has 36 heavy (non-hydrogen) atoms. The van der Waals surface area contributed by atoms with Crippen LogP contribution in [0.15, 0.2) is 35.1 Å². The molecule has 0 amide bonds. The van der Waals surface area contributed by atoms with Gasteiger partial charge in [0.2, 0.25) is 0 Å². The molecule has 1 aliphatic rings. The van der Waals surface area contributed by atoms with E-state index in [1.54, 1.807) is 12.1 Å². The van der Waals surface area contributed by atoms with Crippen molar-refractivity contribution in [3.05, 3.63) is 63.3 Å². The molecule has 0 fully saturated rings. The first-order chi connectivity index (χ1) is 17.3. The summed E-state index contributed by atoms with van der Waals surface area (Å²) in [7, 11) is 0. The first-order valence-electron chi connectivity index (χ1n) is 11.4. The molecule has 3 heterocycles. The van der Waals surface area contributed by atoms with Gasteiger partial charge in [0.05, 0.1) is 16.5 Å². The number of benzene rings is 2. The number of para-hydroxylation sites is 1. The number of nitrogens with zero attached hydrogens (tertiary/aromatic N) is 3. The quantitative estimate of drug-likeness (QED) is 0.198. The number of hydrogen-bond donors (Lipinski definition) is 4. The number of alkyl halides is 3. The van der Waals surface area contributed by atoms with E-state index in [1.165, 1.54) is 18.2 Å². The maximum atomic E-state index is 14.3. The molecule has 2 aromatic carbocycles. The topological polar surface area (TPSA) is 115 Å². The van der Waals surface area contributed by atoms with Gasteiger partial charge in [-0.1, -0.05) is 12.5 Å². The molecule has 0 spiro atoms. The van der Waals surface area contributed by atoms with Crippen molar-refractivity contribution in [2.45, 2.75) is 38.3 Å². The van der Waals surface area contributed by atoms with Crippen molar-refractivity contribution in [3.8, 4) is 11.4 Å². The lowest BCUT2D eigenvalue weighted by atomic mass is 10.0. The summed E-state index contributed by atoms with van der Waals surface area (Å²) < 4.78 is 56.9. The molecular weight excluding hydrogens is 478 g/mol. The van der Waals surface area contributed by atoms with Crippen LogP contribution in [0.25, 0.3) is 33.2 Å². The number of nitrogens with one attached hydrogen (secondary N) is 4. The number of H-pyrrole nitrogens is 3. The van der Waals surface area contributed by atoms with Crippen molar-refractivity contribution in [1.29, 1.82) is 0 Å². The molecule has 0 aliphatic heterocycles. The fourth-order valence-corrected chi connectivity index (χ4v) is 4.82. The Morgan fingerprint density at radius 3 is 2.61 bits per heavy atom. The van der Waals surface area contributed by atoms with Crippen LogP contribution in [-0.4, -0.2) is 30.4 Å². The summed E-state index contributed by atoms with van der Waals surface area (Å²) in [5, 5.41) is 14.6. The molecule has 8 nitrogen and oxygen atoms in total. The third-order valence-corrected chi connectivity index (χ3v) is 6.49. The number of anilines is 2. The van der Waals surface area contributed by atoms with Crippen molar-refractivity contribution in [3.63, 3.8) is 0 Å². The van der Waals surface area contributed by atoms with Gasteiger partial charge in [0.15, 0.2) is 11.6 Å². The normalized spacial score (nSPS) is 14.2. The van der Waals surface area contributed by atoms with E-state index in [4.69, 9.17) is 0 Å². The largest absolute Gasteiger partial charge is 0.417 e. The minimum atomic E-state index is -4.83. The number of fused-ring (bicyclic) bond motifs is 3. The van der Waals surface area contributed by atoms with Gasteiger partial charge in [-0.3, -0.25) is 20.1 Å². The van der Waals surface area contributed by atoms with Gasteiger partial charge in [-0.05, 0) is 49.9 Å². The Kier molecular flexibility index (Phi) is 5.06. The minimum Gasteiger partial charge on any atom is -0.323 e. The number of halogens is 4. The molecular formula is C24H19F4N7O. The van der Waals surface area contributed by atoms with Crippen LogP contribution in [0, 0.1) is 5.82 Å². The Labute approximate surface area is 200 Å². The summed E-state index contributed by atoms with van der Waals surface area (Å²) in [6, 6.07) is 7.18. The predicted octanol–water partition coefficient (Wildman–Crippen LogP) is 5.36. The maximum absolute atomic E-state index is 14.3. The highest BCUT2D eigenvalue weighted by Gasteiger charge is 2.38. The lowest BCUT2D eigenvalue weighted by molar-refractivity contribution is -0.135. The summed E-state index contributed by atoms with van der Waals surface area (Å²) in [5.41, 5.74) is -0.606. The summed E-state index contributed by atoms with van der Waals surface area (Å²) in [6.45, 7) is 0. The molecule has 6 rings (SSSR count). The van der Waals surface area contributed by atoms with E-state index in [9.17, 15) is 22.4 Å². The summed E-state index contributed by atoms with van der Waals surface area (Å²) >= 11 is 0. The summed E-state index contributed by atoms with van der Waals surface area (Å²) in [5.74, 6) is -0.0194. The SMILES string of the molecule is O=c1[nH][nH]c2ccc(-c3nc4c(c(Nc5n[nH]c6c(F)cccc56)n3)CCCCC4)c(C(F)(F)F)c12. The molecule has 5 aromatic rings. The lowest BCUT2D eigenvalue weighted by Gasteiger charge is -2.17. The van der Waals surface area contributed by atoms with Crippen LogP contribution in [0.3, 0.4) is 0 Å². The van der Waals surface area contributed by atoms with Crippen molar-refractivity contribution >= 4 is 33.4 Å². The van der Waals surface area contributed by atoms with Crippen LogP contribution in [-0.2, 0) is 19.0 Å². The van der Waals surface area contributed by atoms with Crippen LogP contribution < -0.4 is 10.9 Å². The first-order valence-corrected chi connectivity index (χ1v) is 11.4. The van der Waals surface area contributed by atoms with Gasteiger partial charge in [-0.2, -0.15) is 18.3 Å². The molecule has 0 radical (unpaired) electrons. The van der Waals surface area contributed by atoms with E-state index >= 15 is 0 Å². The van der Waals surface area contributed by atoms with Gasteiger partial charge >= 0.3 is 6.18 Å².